The maximum Gasteiger partial charge on any atom is 0.416 e. The maximum absolute atomic E-state index is 12.4. The van der Waals surface area contributed by atoms with Crippen LogP contribution in [0.4, 0.5) is 13.2 Å². The summed E-state index contributed by atoms with van der Waals surface area (Å²) in [5, 5.41) is 8.79. The van der Waals surface area contributed by atoms with Gasteiger partial charge in [-0.1, -0.05) is 0 Å². The van der Waals surface area contributed by atoms with Crippen LogP contribution in [0.3, 0.4) is 0 Å². The second kappa shape index (κ2) is 7.00. The topological polar surface area (TPSA) is 49.8 Å². The Morgan fingerprint density at radius 3 is 2.59 bits per heavy atom. The summed E-state index contributed by atoms with van der Waals surface area (Å²) >= 11 is 0. The summed E-state index contributed by atoms with van der Waals surface area (Å²) in [5.41, 5.74) is -0.704. The fourth-order valence-corrected chi connectivity index (χ4v) is 2.58. The number of alkyl halides is 3. The van der Waals surface area contributed by atoms with Crippen LogP contribution in [-0.2, 0) is 11.0 Å². The Morgan fingerprint density at radius 2 is 2.00 bits per heavy atom. The molecule has 1 aliphatic heterocycles. The molecule has 0 amide bonds. The fraction of sp³-hybridized carbons (Fsp3) is 0.533. The number of piperidine rings is 1. The number of carbonyl (C=O) groups is 1. The molecule has 1 aromatic carbocycles. The van der Waals surface area contributed by atoms with Crippen molar-refractivity contribution < 1.29 is 27.8 Å². The van der Waals surface area contributed by atoms with Gasteiger partial charge in [0, 0.05) is 12.5 Å². The Bertz CT molecular complexity index is 502. The molecule has 1 aliphatic rings. The lowest BCUT2D eigenvalue weighted by Gasteiger charge is -2.31. The number of carboxylic acids is 1. The first-order valence-electron chi connectivity index (χ1n) is 7.09. The molecule has 1 unspecified atom stereocenters. The zero-order chi connectivity index (χ0) is 16.2. The van der Waals surface area contributed by atoms with Gasteiger partial charge in [0.05, 0.1) is 18.7 Å². The van der Waals surface area contributed by atoms with Gasteiger partial charge in [-0.05, 0) is 43.7 Å². The molecule has 22 heavy (non-hydrogen) atoms. The number of likely N-dealkylation sites (tertiary alicyclic amines) is 1. The molecule has 0 aromatic heterocycles. The second-order valence-electron chi connectivity index (χ2n) is 5.47. The van der Waals surface area contributed by atoms with E-state index in [-0.39, 0.29) is 12.5 Å². The summed E-state index contributed by atoms with van der Waals surface area (Å²) in [6.45, 7) is 1.77. The lowest BCUT2D eigenvalue weighted by atomic mass is 9.99. The van der Waals surface area contributed by atoms with Crippen LogP contribution in [0.1, 0.15) is 18.4 Å². The van der Waals surface area contributed by atoms with Crippen molar-refractivity contribution in [2.45, 2.75) is 19.0 Å². The van der Waals surface area contributed by atoms with Gasteiger partial charge in [-0.25, -0.2) is 0 Å². The minimum atomic E-state index is -4.35. The fourth-order valence-electron chi connectivity index (χ4n) is 2.58. The van der Waals surface area contributed by atoms with E-state index in [0.29, 0.717) is 18.9 Å². The van der Waals surface area contributed by atoms with Crippen LogP contribution in [0.2, 0.25) is 0 Å². The number of rotatable bonds is 5. The molecule has 1 heterocycles. The van der Waals surface area contributed by atoms with Gasteiger partial charge in [-0.2, -0.15) is 13.2 Å². The number of nitrogens with zero attached hydrogens (tertiary/aromatic N) is 1. The lowest BCUT2D eigenvalue weighted by Crippen LogP contribution is -2.40. The minimum absolute atomic E-state index is 0.0107. The average molecular weight is 317 g/mol. The van der Waals surface area contributed by atoms with Gasteiger partial charge in [-0.15, -0.1) is 0 Å². The molecule has 0 spiro atoms. The second-order valence-corrected chi connectivity index (χ2v) is 5.47. The van der Waals surface area contributed by atoms with E-state index in [4.69, 9.17) is 9.84 Å². The smallest absolute Gasteiger partial charge is 0.416 e. The summed E-state index contributed by atoms with van der Waals surface area (Å²) in [7, 11) is 0. The van der Waals surface area contributed by atoms with Crippen LogP contribution in [0.5, 0.6) is 5.75 Å². The summed E-state index contributed by atoms with van der Waals surface area (Å²) in [5.74, 6) is -0.275. The number of ether oxygens (including phenoxy) is 1. The Labute approximate surface area is 126 Å². The highest BCUT2D eigenvalue weighted by atomic mass is 19.4. The number of hydrogen-bond donors (Lipinski definition) is 1. The highest BCUT2D eigenvalue weighted by Gasteiger charge is 2.30. The van der Waals surface area contributed by atoms with E-state index < -0.39 is 17.7 Å². The van der Waals surface area contributed by atoms with Gasteiger partial charge < -0.3 is 9.84 Å². The van der Waals surface area contributed by atoms with Gasteiger partial charge in [0.25, 0.3) is 0 Å². The van der Waals surface area contributed by atoms with Crippen LogP contribution < -0.4 is 4.74 Å². The number of carboxylic acid groups (broad SMARTS) is 1. The molecular weight excluding hydrogens is 299 g/mol. The first-order valence-corrected chi connectivity index (χ1v) is 7.09. The maximum atomic E-state index is 12.4. The van der Waals surface area contributed by atoms with Gasteiger partial charge in [0.2, 0.25) is 0 Å². The molecule has 0 aliphatic carbocycles. The minimum Gasteiger partial charge on any atom is -0.493 e. The zero-order valence-corrected chi connectivity index (χ0v) is 12.0. The molecule has 1 atom stereocenters. The highest BCUT2D eigenvalue weighted by Crippen LogP contribution is 2.30. The van der Waals surface area contributed by atoms with Crippen molar-refractivity contribution >= 4 is 5.97 Å². The lowest BCUT2D eigenvalue weighted by molar-refractivity contribution is -0.139. The van der Waals surface area contributed by atoms with Crippen LogP contribution in [0.15, 0.2) is 24.3 Å². The predicted molar refractivity (Wildman–Crippen MR) is 73.7 cm³/mol. The number of halogens is 3. The first kappa shape index (κ1) is 16.6. The van der Waals surface area contributed by atoms with Crippen molar-refractivity contribution in [1.29, 1.82) is 0 Å². The number of benzene rings is 1. The third-order valence-electron chi connectivity index (χ3n) is 3.63. The van der Waals surface area contributed by atoms with Crippen molar-refractivity contribution in [3.05, 3.63) is 29.8 Å². The number of aliphatic carboxylic acids is 1. The molecule has 122 valence electrons. The van der Waals surface area contributed by atoms with E-state index in [9.17, 15) is 18.0 Å². The third kappa shape index (κ3) is 4.91. The van der Waals surface area contributed by atoms with E-state index in [1.165, 1.54) is 12.1 Å². The molecule has 1 N–H and O–H groups in total. The molecule has 0 radical (unpaired) electrons. The molecule has 2 rings (SSSR count). The Morgan fingerprint density at radius 1 is 1.32 bits per heavy atom. The van der Waals surface area contributed by atoms with Crippen LogP contribution in [0.25, 0.3) is 0 Å². The van der Waals surface area contributed by atoms with Gasteiger partial charge in [-0.3, -0.25) is 9.69 Å². The van der Waals surface area contributed by atoms with Crippen LogP contribution >= 0.6 is 0 Å². The first-order chi connectivity index (χ1) is 10.3. The van der Waals surface area contributed by atoms with Gasteiger partial charge in [0.15, 0.2) is 0 Å². The third-order valence-corrected chi connectivity index (χ3v) is 3.63. The van der Waals surface area contributed by atoms with Crippen molar-refractivity contribution in [1.82, 2.24) is 4.90 Å². The largest absolute Gasteiger partial charge is 0.493 e. The molecule has 1 fully saturated rings. The zero-order valence-electron chi connectivity index (χ0n) is 12.0. The summed E-state index contributed by atoms with van der Waals surface area (Å²) < 4.78 is 42.9. The number of hydrogen-bond acceptors (Lipinski definition) is 3. The molecule has 0 bridgehead atoms. The van der Waals surface area contributed by atoms with E-state index >= 15 is 0 Å². The average Bonchev–Trinajstić information content (AvgIpc) is 2.44. The van der Waals surface area contributed by atoms with Crippen LogP contribution in [-0.4, -0.2) is 42.2 Å². The standard InChI is InChI=1S/C15H18F3NO3/c16-15(17,18)12-3-5-13(6-4-12)22-10-11-2-1-7-19(8-11)9-14(20)21/h3-6,11H,1-2,7-10H2,(H,20,21). The SMILES string of the molecule is O=C(O)CN1CCCC(COc2ccc(C(F)(F)F)cc2)C1. The molecule has 4 nitrogen and oxygen atoms in total. The Kier molecular flexibility index (Phi) is 5.28. The molecule has 1 aromatic rings. The summed E-state index contributed by atoms with van der Waals surface area (Å²) in [6.07, 6.45) is -2.52. The normalized spacial score (nSPS) is 19.9. The summed E-state index contributed by atoms with van der Waals surface area (Å²) in [6, 6.07) is 4.60. The highest BCUT2D eigenvalue weighted by molar-refractivity contribution is 5.69. The Balaban J connectivity index is 1.83. The Hall–Kier alpha value is -1.76. The molecule has 1 saturated heterocycles. The van der Waals surface area contributed by atoms with E-state index in [0.717, 1.165) is 31.5 Å². The van der Waals surface area contributed by atoms with Crippen molar-refractivity contribution in [2.24, 2.45) is 5.92 Å². The van der Waals surface area contributed by atoms with E-state index in [2.05, 4.69) is 0 Å². The van der Waals surface area contributed by atoms with E-state index in [1.54, 1.807) is 0 Å². The van der Waals surface area contributed by atoms with Crippen LogP contribution in [0, 0.1) is 5.92 Å². The summed E-state index contributed by atoms with van der Waals surface area (Å²) in [4.78, 5) is 12.6. The molecular formula is C15H18F3NO3. The molecule has 7 heteroatoms. The van der Waals surface area contributed by atoms with Gasteiger partial charge in [0.1, 0.15) is 5.75 Å². The van der Waals surface area contributed by atoms with Crippen molar-refractivity contribution in [3.63, 3.8) is 0 Å². The van der Waals surface area contributed by atoms with E-state index in [1.807, 2.05) is 4.90 Å². The monoisotopic (exact) mass is 317 g/mol. The predicted octanol–water partition coefficient (Wildman–Crippen LogP) is 2.88. The van der Waals surface area contributed by atoms with Crippen molar-refractivity contribution in [2.75, 3.05) is 26.2 Å². The quantitative estimate of drug-likeness (QED) is 0.907. The molecule has 0 saturated carbocycles. The van der Waals surface area contributed by atoms with Gasteiger partial charge >= 0.3 is 12.1 Å². The van der Waals surface area contributed by atoms with Crippen molar-refractivity contribution in [3.8, 4) is 5.75 Å².